The smallest absolute Gasteiger partial charge is 0.180 e. The van der Waals surface area contributed by atoms with Gasteiger partial charge in [0, 0.05) is 0 Å². The van der Waals surface area contributed by atoms with Gasteiger partial charge < -0.3 is 0 Å². The maximum absolute atomic E-state index is 3.81. The Hall–Kier alpha value is -2.21. The summed E-state index contributed by atoms with van der Waals surface area (Å²) in [4.78, 5) is 0. The molecule has 0 fully saturated rings. The van der Waals surface area contributed by atoms with Crippen LogP contribution in [0.5, 0.6) is 0 Å². The average Bonchev–Trinajstić information content (AvgIpc) is 2.82. The Labute approximate surface area is 210 Å². The number of benzene rings is 4. The molecule has 0 spiro atoms. The summed E-state index contributed by atoms with van der Waals surface area (Å²) in [5.41, 5.74) is 1.43. The summed E-state index contributed by atoms with van der Waals surface area (Å²) in [6, 6.07) is 43.6. The second-order valence-electron chi connectivity index (χ2n) is 8.10. The second-order valence-corrected chi connectivity index (χ2v) is 10.3. The molecule has 0 aliphatic rings. The number of hydrogen-bond acceptors (Lipinski definition) is 0. The Balaban J connectivity index is 0.000000244. The number of allylic oxidation sites excluding steroid dienone is 1. The van der Waals surface area contributed by atoms with Crippen molar-refractivity contribution in [3.8, 4) is 0 Å². The van der Waals surface area contributed by atoms with Gasteiger partial charge in [0.15, 0.2) is 0 Å². The van der Waals surface area contributed by atoms with Crippen LogP contribution >= 0.6 is 7.92 Å². The summed E-state index contributed by atoms with van der Waals surface area (Å²) in [7, 11) is -0.446. The van der Waals surface area contributed by atoms with Gasteiger partial charge in [0.1, 0.15) is 0 Å². The van der Waals surface area contributed by atoms with E-state index in [1.165, 1.54) is 21.5 Å². The first-order chi connectivity index (χ1) is 15.1. The fourth-order valence-corrected chi connectivity index (χ4v) is 5.59. The van der Waals surface area contributed by atoms with Crippen molar-refractivity contribution in [1.82, 2.24) is 0 Å². The van der Waals surface area contributed by atoms with Crippen LogP contribution in [0.4, 0.5) is 0 Å². The van der Waals surface area contributed by atoms with Gasteiger partial charge in [-0.15, -0.1) is 6.58 Å². The molecule has 0 nitrogen and oxygen atoms in total. The molecule has 0 saturated carbocycles. The Morgan fingerprint density at radius 3 is 1.44 bits per heavy atom. The monoisotopic (exact) mass is 618 g/mol. The van der Waals surface area contributed by atoms with Gasteiger partial charge in [0.25, 0.3) is 0 Å². The third-order valence-electron chi connectivity index (χ3n) is 5.02. The first-order valence-electron chi connectivity index (χ1n) is 10.6. The quantitative estimate of drug-likeness (QED) is 0.0979. The van der Waals surface area contributed by atoms with Gasteiger partial charge in [0.2, 0.25) is 0 Å². The Morgan fingerprint density at radius 2 is 1.09 bits per heavy atom. The van der Waals surface area contributed by atoms with E-state index in [0.717, 1.165) is 6.42 Å². The molecule has 0 unspecified atom stereocenters. The van der Waals surface area contributed by atoms with Crippen LogP contribution in [0, 0.1) is 11.5 Å². The molecule has 4 aromatic rings. The van der Waals surface area contributed by atoms with E-state index in [4.69, 9.17) is 0 Å². The third kappa shape index (κ3) is 8.05. The molecule has 0 bridgehead atoms. The molecule has 4 rings (SSSR count). The first-order valence-corrected chi connectivity index (χ1v) is 12.0. The molecule has 2 heteroatoms. The van der Waals surface area contributed by atoms with Crippen molar-refractivity contribution >= 4 is 23.8 Å². The molecule has 0 atom stereocenters. The molecule has 4 aromatic carbocycles. The van der Waals surface area contributed by atoms with Gasteiger partial charge in [-0.3, -0.25) is 0 Å². The molecule has 0 heterocycles. The third-order valence-corrected chi connectivity index (χ3v) is 7.46. The van der Waals surface area contributed by atoms with Crippen LogP contribution in [0.3, 0.4) is 0 Å². The summed E-state index contributed by atoms with van der Waals surface area (Å²) >= 11 is 0. The SMILES string of the molecule is C=CC(C)(C)Cc1[c-]cccc1.[Au+].c1ccc(P(c2ccccc2)c2ccccc2)cc1. The van der Waals surface area contributed by atoms with Gasteiger partial charge in [-0.25, -0.2) is 0 Å². The van der Waals surface area contributed by atoms with Crippen molar-refractivity contribution in [3.63, 3.8) is 0 Å². The van der Waals surface area contributed by atoms with E-state index in [-0.39, 0.29) is 27.8 Å². The van der Waals surface area contributed by atoms with Gasteiger partial charge in [0.05, 0.1) is 0 Å². The summed E-state index contributed by atoms with van der Waals surface area (Å²) in [5, 5.41) is 4.19. The Morgan fingerprint density at radius 1 is 0.688 bits per heavy atom. The first kappa shape index (κ1) is 26.0. The van der Waals surface area contributed by atoms with Crippen molar-refractivity contribution < 1.29 is 22.4 Å². The molecule has 0 aliphatic carbocycles. The molecule has 166 valence electrons. The van der Waals surface area contributed by atoms with E-state index in [2.05, 4.69) is 124 Å². The summed E-state index contributed by atoms with van der Waals surface area (Å²) in [6.45, 7) is 8.18. The van der Waals surface area contributed by atoms with E-state index < -0.39 is 7.92 Å². The number of hydrogen-bond donors (Lipinski definition) is 0. The molecule has 32 heavy (non-hydrogen) atoms. The van der Waals surface area contributed by atoms with Crippen molar-refractivity contribution in [2.24, 2.45) is 5.41 Å². The zero-order valence-electron chi connectivity index (χ0n) is 18.7. The minimum atomic E-state index is -0.446. The summed E-state index contributed by atoms with van der Waals surface area (Å²) in [6.07, 6.45) is 3.01. The van der Waals surface area contributed by atoms with Crippen LogP contribution in [0.15, 0.2) is 128 Å². The van der Waals surface area contributed by atoms with Crippen LogP contribution < -0.4 is 15.9 Å². The topological polar surface area (TPSA) is 0 Å². The molecular weight excluding hydrogens is 588 g/mol. The van der Waals surface area contributed by atoms with E-state index in [9.17, 15) is 0 Å². The maximum atomic E-state index is 3.81. The number of rotatable bonds is 6. The standard InChI is InChI=1S/C18H15P.C12H15.Au/c1-4-10-16(11-5-1)19(17-12-6-2-7-13-17)18-14-8-3-9-15-18;1-4-12(2,3)10-11-8-6-5-7-9-11;/h1-15H;4-8H,1,10H2,2-3H3;/q;-1;+1. The van der Waals surface area contributed by atoms with Crippen molar-refractivity contribution in [1.29, 1.82) is 0 Å². The van der Waals surface area contributed by atoms with Crippen molar-refractivity contribution in [3.05, 3.63) is 140 Å². The van der Waals surface area contributed by atoms with Crippen molar-refractivity contribution in [2.75, 3.05) is 0 Å². The molecule has 0 radical (unpaired) electrons. The summed E-state index contributed by atoms with van der Waals surface area (Å²) in [5.74, 6) is 0. The Bertz CT molecular complexity index is 935. The van der Waals surface area contributed by atoms with Crippen LogP contribution in [0.25, 0.3) is 0 Å². The maximum Gasteiger partial charge on any atom is 1.00 e. The van der Waals surface area contributed by atoms with Crippen LogP contribution in [0.1, 0.15) is 19.4 Å². The van der Waals surface area contributed by atoms with E-state index in [1.54, 1.807) is 0 Å². The molecule has 0 amide bonds. The predicted molar refractivity (Wildman–Crippen MR) is 138 cm³/mol. The minimum absolute atomic E-state index is 0. The van der Waals surface area contributed by atoms with Crippen LogP contribution in [-0.2, 0) is 28.8 Å². The molecule has 0 saturated heterocycles. The molecular formula is C30H30AuP. The van der Waals surface area contributed by atoms with E-state index in [1.807, 2.05) is 24.3 Å². The van der Waals surface area contributed by atoms with Gasteiger partial charge in [-0.1, -0.05) is 111 Å². The predicted octanol–water partition coefficient (Wildman–Crippen LogP) is 6.68. The zero-order valence-corrected chi connectivity index (χ0v) is 21.8. The minimum Gasteiger partial charge on any atom is -0.180 e. The molecule has 0 aliphatic heterocycles. The van der Waals surface area contributed by atoms with Crippen LogP contribution in [-0.4, -0.2) is 0 Å². The van der Waals surface area contributed by atoms with Crippen molar-refractivity contribution in [2.45, 2.75) is 20.3 Å². The van der Waals surface area contributed by atoms with Crippen LogP contribution in [0.2, 0.25) is 0 Å². The van der Waals surface area contributed by atoms with E-state index in [0.29, 0.717) is 0 Å². The molecule has 0 aromatic heterocycles. The van der Waals surface area contributed by atoms with Gasteiger partial charge in [-0.05, 0) is 35.7 Å². The molecule has 0 N–H and O–H groups in total. The fraction of sp³-hybridized carbons (Fsp3) is 0.133. The normalized spacial score (nSPS) is 10.5. The zero-order chi connectivity index (χ0) is 21.9. The fourth-order valence-electron chi connectivity index (χ4n) is 3.28. The Kier molecular flexibility index (Phi) is 10.9. The second kappa shape index (κ2) is 13.4. The van der Waals surface area contributed by atoms with E-state index >= 15 is 0 Å². The van der Waals surface area contributed by atoms with Gasteiger partial charge >= 0.3 is 22.4 Å². The summed E-state index contributed by atoms with van der Waals surface area (Å²) < 4.78 is 0. The largest absolute Gasteiger partial charge is 1.00 e. The van der Waals surface area contributed by atoms with Gasteiger partial charge in [-0.2, -0.15) is 35.9 Å². The average molecular weight is 619 g/mol.